The van der Waals surface area contributed by atoms with E-state index >= 15 is 4.39 Å². The molecule has 1 aliphatic carbocycles. The molecular weight excluding hydrogens is 639 g/mol. The van der Waals surface area contributed by atoms with Crippen LogP contribution < -0.4 is 9.64 Å². The van der Waals surface area contributed by atoms with Crippen LogP contribution in [0.2, 0.25) is 0 Å². The van der Waals surface area contributed by atoms with Crippen molar-refractivity contribution in [2.75, 3.05) is 44.2 Å². The summed E-state index contributed by atoms with van der Waals surface area (Å²) in [4.78, 5) is 47.4. The molecule has 3 aromatic rings. The first-order chi connectivity index (χ1) is 23.8. The average molecular weight is 689 g/mol. The van der Waals surface area contributed by atoms with Crippen molar-refractivity contribution in [2.24, 2.45) is 5.92 Å². The van der Waals surface area contributed by atoms with Crippen LogP contribution in [0.5, 0.6) is 5.75 Å². The molecule has 0 radical (unpaired) electrons. The first kappa shape index (κ1) is 35.2. The Morgan fingerprint density at radius 3 is 2.26 bits per heavy atom. The number of nitrogens with zero attached hydrogens (tertiary/aromatic N) is 5. The van der Waals surface area contributed by atoms with E-state index in [2.05, 4.69) is 39.4 Å². The van der Waals surface area contributed by atoms with E-state index < -0.39 is 23.1 Å². The van der Waals surface area contributed by atoms with Gasteiger partial charge in [-0.05, 0) is 83.6 Å². The van der Waals surface area contributed by atoms with E-state index in [1.807, 2.05) is 31.9 Å². The van der Waals surface area contributed by atoms with E-state index in [1.54, 1.807) is 42.0 Å². The number of halogens is 1. The molecule has 0 bridgehead atoms. The summed E-state index contributed by atoms with van der Waals surface area (Å²) in [7, 11) is 0. The number of hydrogen-bond acceptors (Lipinski definition) is 7. The maximum atomic E-state index is 15.2. The Kier molecular flexibility index (Phi) is 10.1. The Morgan fingerprint density at radius 2 is 1.62 bits per heavy atom. The summed E-state index contributed by atoms with van der Waals surface area (Å²) in [6.07, 6.45) is 6.91. The van der Waals surface area contributed by atoms with Crippen molar-refractivity contribution in [1.82, 2.24) is 24.9 Å². The summed E-state index contributed by atoms with van der Waals surface area (Å²) in [5, 5.41) is 6.88. The summed E-state index contributed by atoms with van der Waals surface area (Å²) in [5.74, 6) is -0.881. The minimum Gasteiger partial charge on any atom is -0.475 e. The molecule has 1 N–H and O–H groups in total. The molecule has 6 rings (SSSR count). The Bertz CT molecular complexity index is 1660. The van der Waals surface area contributed by atoms with E-state index in [0.717, 1.165) is 54.6 Å². The van der Waals surface area contributed by atoms with E-state index in [4.69, 9.17) is 9.47 Å². The van der Waals surface area contributed by atoms with Gasteiger partial charge in [0.1, 0.15) is 5.60 Å². The van der Waals surface area contributed by atoms with Crippen LogP contribution in [0.15, 0.2) is 54.9 Å². The van der Waals surface area contributed by atoms with Crippen molar-refractivity contribution in [1.29, 1.82) is 0 Å². The van der Waals surface area contributed by atoms with Gasteiger partial charge in [0.15, 0.2) is 17.2 Å². The van der Waals surface area contributed by atoms with Crippen LogP contribution in [0.3, 0.4) is 0 Å². The SMILES string of the molecule is CC(C)(C)OC(=O)N1CCN(C(=O)C(C)(C)Oc2cc(N3CCC[C@@H](C(=O)N(Cc4ccc(-c5cn[nH]c5)cc4)C4CC4)C3)ccc2F)CC1. The van der Waals surface area contributed by atoms with Crippen LogP contribution in [0.4, 0.5) is 14.9 Å². The topological polar surface area (TPSA) is 111 Å². The molecule has 3 fully saturated rings. The monoisotopic (exact) mass is 688 g/mol. The largest absolute Gasteiger partial charge is 0.475 e. The zero-order valence-electron chi connectivity index (χ0n) is 29.8. The molecule has 0 unspecified atom stereocenters. The predicted octanol–water partition coefficient (Wildman–Crippen LogP) is 5.86. The van der Waals surface area contributed by atoms with E-state index in [0.29, 0.717) is 39.3 Å². The van der Waals surface area contributed by atoms with E-state index in [9.17, 15) is 14.4 Å². The van der Waals surface area contributed by atoms with Gasteiger partial charge in [0.25, 0.3) is 5.91 Å². The standard InChI is InChI=1S/C38H49FN6O5/c1-37(2,3)50-36(48)43-19-17-42(18-20-43)35(47)38(4,5)49-33-21-31(14-15-32(33)39)44-16-6-7-28(25-44)34(46)45(30-12-13-30)24-26-8-10-27(11-9-26)29-22-40-41-23-29/h8-11,14-15,21-23,28,30H,6-7,12-13,16-20,24-25H2,1-5H3,(H,40,41)/t28-/m1/s1. The number of amides is 3. The fourth-order valence-electron chi connectivity index (χ4n) is 6.71. The van der Waals surface area contributed by atoms with Gasteiger partial charge >= 0.3 is 6.09 Å². The fraction of sp³-hybridized carbons (Fsp3) is 0.526. The number of rotatable bonds is 9. The van der Waals surface area contributed by atoms with Gasteiger partial charge in [0.2, 0.25) is 5.91 Å². The maximum Gasteiger partial charge on any atom is 0.410 e. The molecule has 1 aromatic heterocycles. The number of aromatic amines is 1. The van der Waals surface area contributed by atoms with Crippen molar-refractivity contribution < 1.29 is 28.2 Å². The lowest BCUT2D eigenvalue weighted by molar-refractivity contribution is -0.147. The van der Waals surface area contributed by atoms with Gasteiger partial charge < -0.3 is 29.1 Å². The Labute approximate surface area is 293 Å². The highest BCUT2D eigenvalue weighted by atomic mass is 19.1. The van der Waals surface area contributed by atoms with E-state index in [1.165, 1.54) is 6.07 Å². The summed E-state index contributed by atoms with van der Waals surface area (Å²) in [6.45, 7) is 11.9. The number of piperazine rings is 1. The smallest absolute Gasteiger partial charge is 0.410 e. The number of carbonyl (C=O) groups excluding carboxylic acids is 3. The maximum absolute atomic E-state index is 15.2. The third-order valence-corrected chi connectivity index (χ3v) is 9.56. The lowest BCUT2D eigenvalue weighted by Gasteiger charge is -2.39. The van der Waals surface area contributed by atoms with Crippen molar-refractivity contribution in [3.63, 3.8) is 0 Å². The number of carbonyl (C=O) groups is 3. The molecule has 1 saturated carbocycles. The number of piperidine rings is 1. The van der Waals surface area contributed by atoms with Gasteiger partial charge in [-0.3, -0.25) is 14.7 Å². The molecule has 2 aliphatic heterocycles. The van der Waals surface area contributed by atoms with Gasteiger partial charge in [0, 0.05) is 75.4 Å². The molecule has 11 nitrogen and oxygen atoms in total. The number of ether oxygens (including phenoxy) is 2. The number of benzene rings is 2. The predicted molar refractivity (Wildman–Crippen MR) is 188 cm³/mol. The van der Waals surface area contributed by atoms with Gasteiger partial charge in [-0.15, -0.1) is 0 Å². The average Bonchev–Trinajstić information content (AvgIpc) is 3.79. The lowest BCUT2D eigenvalue weighted by Crippen LogP contribution is -2.57. The lowest BCUT2D eigenvalue weighted by atomic mass is 9.95. The highest BCUT2D eigenvalue weighted by molar-refractivity contribution is 5.85. The second kappa shape index (κ2) is 14.3. The zero-order chi connectivity index (χ0) is 35.6. The highest BCUT2D eigenvalue weighted by Crippen LogP contribution is 2.35. The summed E-state index contributed by atoms with van der Waals surface area (Å²) in [5.41, 5.74) is 1.98. The van der Waals surface area contributed by atoms with E-state index in [-0.39, 0.29) is 29.5 Å². The van der Waals surface area contributed by atoms with Crippen LogP contribution in [0.1, 0.15) is 65.9 Å². The first-order valence-electron chi connectivity index (χ1n) is 17.7. The number of nitrogens with one attached hydrogen (secondary N) is 1. The van der Waals surface area contributed by atoms with Crippen molar-refractivity contribution in [3.05, 3.63) is 66.2 Å². The normalized spacial score (nSPS) is 18.5. The van der Waals surface area contributed by atoms with Crippen molar-refractivity contribution in [3.8, 4) is 16.9 Å². The van der Waals surface area contributed by atoms with Gasteiger partial charge in [-0.2, -0.15) is 5.10 Å². The Balaban J connectivity index is 1.07. The third kappa shape index (κ3) is 8.39. The molecule has 0 spiro atoms. The molecule has 50 heavy (non-hydrogen) atoms. The second-order valence-electron chi connectivity index (χ2n) is 15.2. The molecule has 3 amide bonds. The van der Waals surface area contributed by atoms with Gasteiger partial charge in [-0.25, -0.2) is 9.18 Å². The molecule has 2 aromatic carbocycles. The zero-order valence-corrected chi connectivity index (χ0v) is 29.8. The molecule has 268 valence electrons. The van der Waals surface area contributed by atoms with Crippen LogP contribution in [0.25, 0.3) is 11.1 Å². The molecule has 12 heteroatoms. The minimum atomic E-state index is -1.35. The number of aromatic nitrogens is 2. The fourth-order valence-corrected chi connectivity index (χ4v) is 6.71. The molecule has 3 aliphatic rings. The van der Waals surface area contributed by atoms with Crippen LogP contribution >= 0.6 is 0 Å². The molecule has 3 heterocycles. The molecule has 2 saturated heterocycles. The number of hydrogen-bond donors (Lipinski definition) is 1. The summed E-state index contributed by atoms with van der Waals surface area (Å²) < 4.78 is 26.7. The van der Waals surface area contributed by atoms with Crippen LogP contribution in [0, 0.1) is 11.7 Å². The summed E-state index contributed by atoms with van der Waals surface area (Å²) in [6, 6.07) is 13.2. The number of anilines is 1. The van der Waals surface area contributed by atoms with Gasteiger partial charge in [0.05, 0.1) is 12.1 Å². The van der Waals surface area contributed by atoms with Crippen molar-refractivity contribution in [2.45, 2.75) is 84.1 Å². The molecular formula is C38H49FN6O5. The summed E-state index contributed by atoms with van der Waals surface area (Å²) >= 11 is 0. The first-order valence-corrected chi connectivity index (χ1v) is 17.7. The quantitative estimate of drug-likeness (QED) is 0.300. The minimum absolute atomic E-state index is 0.0137. The molecule has 1 atom stereocenters. The van der Waals surface area contributed by atoms with Crippen LogP contribution in [-0.2, 0) is 20.9 Å². The van der Waals surface area contributed by atoms with Gasteiger partial charge in [-0.1, -0.05) is 24.3 Å². The third-order valence-electron chi connectivity index (χ3n) is 9.56. The Hall–Kier alpha value is -4.61. The number of H-pyrrole nitrogens is 1. The van der Waals surface area contributed by atoms with Crippen LogP contribution in [-0.4, -0.2) is 99.3 Å². The Morgan fingerprint density at radius 1 is 0.920 bits per heavy atom. The van der Waals surface area contributed by atoms with Crippen molar-refractivity contribution >= 4 is 23.6 Å². The second-order valence-corrected chi connectivity index (χ2v) is 15.2. The highest BCUT2D eigenvalue weighted by Gasteiger charge is 2.39.